The van der Waals surface area contributed by atoms with Gasteiger partial charge in [0.2, 0.25) is 0 Å². The van der Waals surface area contributed by atoms with Crippen molar-refractivity contribution in [3.05, 3.63) is 84.2 Å². The highest BCUT2D eigenvalue weighted by Gasteiger charge is 2.06. The van der Waals surface area contributed by atoms with Crippen molar-refractivity contribution in [1.29, 1.82) is 0 Å². The largest absolute Gasteiger partial charge is 0.375 e. The third kappa shape index (κ3) is 5.87. The molecule has 2 amide bonds. The summed E-state index contributed by atoms with van der Waals surface area (Å²) in [6.45, 7) is 2.71. The molecule has 0 aliphatic carbocycles. The molecule has 0 fully saturated rings. The molecule has 0 unspecified atom stereocenters. The second kappa shape index (κ2) is 10.2. The third-order valence-corrected chi connectivity index (χ3v) is 4.60. The monoisotopic (exact) mass is 377 g/mol. The van der Waals surface area contributed by atoms with Gasteiger partial charge in [0.1, 0.15) is 0 Å². The fraction of sp³-hybridized carbons (Fsp3) is 0.273. The van der Waals surface area contributed by atoms with Gasteiger partial charge in [-0.05, 0) is 35.7 Å². The second-order valence-corrected chi connectivity index (χ2v) is 6.69. The molecule has 0 bridgehead atoms. The average molecular weight is 377 g/mol. The molecule has 6 heteroatoms. The molecule has 0 saturated carbocycles. The Morgan fingerprint density at radius 1 is 1.00 bits per heavy atom. The van der Waals surface area contributed by atoms with Gasteiger partial charge in [-0.1, -0.05) is 42.5 Å². The van der Waals surface area contributed by atoms with Gasteiger partial charge < -0.3 is 15.5 Å². The van der Waals surface area contributed by atoms with E-state index >= 15 is 0 Å². The molecule has 1 heterocycles. The number of para-hydroxylation sites is 1. The van der Waals surface area contributed by atoms with Gasteiger partial charge in [0.15, 0.2) is 0 Å². The molecule has 28 heavy (non-hydrogen) atoms. The lowest BCUT2D eigenvalue weighted by molar-refractivity contribution is 0.240. The molecule has 6 nitrogen and oxygen atoms in total. The smallest absolute Gasteiger partial charge is 0.315 e. The summed E-state index contributed by atoms with van der Waals surface area (Å²) in [5, 5.41) is 10.1. The van der Waals surface area contributed by atoms with E-state index in [0.717, 1.165) is 24.1 Å². The number of nitrogens with zero attached hydrogens (tertiary/aromatic N) is 3. The lowest BCUT2D eigenvalue weighted by Gasteiger charge is -2.19. The summed E-state index contributed by atoms with van der Waals surface area (Å²) in [5.41, 5.74) is 3.42. The molecule has 0 radical (unpaired) electrons. The van der Waals surface area contributed by atoms with Gasteiger partial charge in [0.05, 0.1) is 6.54 Å². The first-order valence-corrected chi connectivity index (χ1v) is 9.54. The van der Waals surface area contributed by atoms with Crippen LogP contribution in [0.3, 0.4) is 0 Å². The molecule has 0 spiro atoms. The molecule has 0 aliphatic rings. The quantitative estimate of drug-likeness (QED) is 0.563. The van der Waals surface area contributed by atoms with Crippen LogP contribution in [0.15, 0.2) is 73.1 Å². The molecule has 2 N–H and O–H groups in total. The van der Waals surface area contributed by atoms with Crippen LogP contribution < -0.4 is 15.5 Å². The first-order valence-electron chi connectivity index (χ1n) is 9.54. The summed E-state index contributed by atoms with van der Waals surface area (Å²) in [6.07, 6.45) is 4.58. The van der Waals surface area contributed by atoms with Crippen LogP contribution in [0.2, 0.25) is 0 Å². The predicted molar refractivity (Wildman–Crippen MR) is 112 cm³/mol. The Balaban J connectivity index is 1.39. The normalized spacial score (nSPS) is 10.5. The zero-order chi connectivity index (χ0) is 19.6. The van der Waals surface area contributed by atoms with Crippen LogP contribution in [0.25, 0.3) is 0 Å². The Hall–Kier alpha value is -3.28. The molecule has 2 aromatic carbocycles. The zero-order valence-corrected chi connectivity index (χ0v) is 16.2. The summed E-state index contributed by atoms with van der Waals surface area (Å²) in [7, 11) is 2.06. The van der Waals surface area contributed by atoms with Gasteiger partial charge in [-0.15, -0.1) is 0 Å². The number of hydrogen-bond acceptors (Lipinski definition) is 3. The predicted octanol–water partition coefficient (Wildman–Crippen LogP) is 3.26. The van der Waals surface area contributed by atoms with Crippen LogP contribution in [-0.2, 0) is 13.1 Å². The summed E-state index contributed by atoms with van der Waals surface area (Å²) >= 11 is 0. The SMILES string of the molecule is CN(CCCNC(=O)NCc1ccccc1Cn1cccn1)c1ccccc1. The average Bonchev–Trinajstić information content (AvgIpc) is 3.24. The van der Waals surface area contributed by atoms with Crippen LogP contribution in [0.1, 0.15) is 17.5 Å². The van der Waals surface area contributed by atoms with Gasteiger partial charge in [0, 0.05) is 44.8 Å². The topological polar surface area (TPSA) is 62.2 Å². The maximum absolute atomic E-state index is 12.1. The third-order valence-electron chi connectivity index (χ3n) is 4.60. The van der Waals surface area contributed by atoms with E-state index in [4.69, 9.17) is 0 Å². The number of benzene rings is 2. The van der Waals surface area contributed by atoms with E-state index in [2.05, 4.69) is 45.9 Å². The van der Waals surface area contributed by atoms with Crippen molar-refractivity contribution < 1.29 is 4.79 Å². The molecule has 0 saturated heterocycles. The van der Waals surface area contributed by atoms with E-state index in [9.17, 15) is 4.79 Å². The molecule has 1 aromatic heterocycles. The van der Waals surface area contributed by atoms with Gasteiger partial charge in [0.25, 0.3) is 0 Å². The van der Waals surface area contributed by atoms with Crippen LogP contribution in [0.4, 0.5) is 10.5 Å². The van der Waals surface area contributed by atoms with Crippen molar-refractivity contribution in [3.63, 3.8) is 0 Å². The summed E-state index contributed by atoms with van der Waals surface area (Å²) < 4.78 is 1.88. The van der Waals surface area contributed by atoms with Crippen molar-refractivity contribution in [1.82, 2.24) is 20.4 Å². The minimum Gasteiger partial charge on any atom is -0.375 e. The molecule has 0 aliphatic heterocycles. The van der Waals surface area contributed by atoms with Gasteiger partial charge in [-0.2, -0.15) is 5.10 Å². The van der Waals surface area contributed by atoms with Crippen molar-refractivity contribution in [2.45, 2.75) is 19.5 Å². The molecule has 146 valence electrons. The van der Waals surface area contributed by atoms with Crippen LogP contribution in [-0.4, -0.2) is 35.9 Å². The zero-order valence-electron chi connectivity index (χ0n) is 16.2. The Labute approximate surface area is 166 Å². The maximum Gasteiger partial charge on any atom is 0.315 e. The number of amides is 2. The van der Waals surface area contributed by atoms with Gasteiger partial charge in [-0.3, -0.25) is 4.68 Å². The molecular formula is C22H27N5O. The number of urea groups is 1. The number of aromatic nitrogens is 2. The fourth-order valence-electron chi connectivity index (χ4n) is 3.02. The summed E-state index contributed by atoms with van der Waals surface area (Å²) in [5.74, 6) is 0. The Bertz CT molecular complexity index is 848. The second-order valence-electron chi connectivity index (χ2n) is 6.69. The lowest BCUT2D eigenvalue weighted by atomic mass is 10.1. The number of hydrogen-bond donors (Lipinski definition) is 2. The molecule has 3 aromatic rings. The minimum absolute atomic E-state index is 0.142. The highest BCUT2D eigenvalue weighted by atomic mass is 16.2. The lowest BCUT2D eigenvalue weighted by Crippen LogP contribution is -2.36. The van der Waals surface area contributed by atoms with Crippen molar-refractivity contribution in [2.24, 2.45) is 0 Å². The standard InChI is InChI=1S/C22H27N5O/c1-26(21-11-3-2-4-12-21)15-7-13-23-22(28)24-17-19-9-5-6-10-20(19)18-27-16-8-14-25-27/h2-6,8-12,14,16H,7,13,15,17-18H2,1H3,(H2,23,24,28). The minimum atomic E-state index is -0.142. The molecule has 3 rings (SSSR count). The molecule has 0 atom stereocenters. The van der Waals surface area contributed by atoms with Crippen molar-refractivity contribution in [3.8, 4) is 0 Å². The Kier molecular flexibility index (Phi) is 7.07. The summed E-state index contributed by atoms with van der Waals surface area (Å²) in [4.78, 5) is 14.3. The van der Waals surface area contributed by atoms with E-state index in [0.29, 0.717) is 19.6 Å². The summed E-state index contributed by atoms with van der Waals surface area (Å²) in [6, 6.07) is 20.1. The highest BCUT2D eigenvalue weighted by molar-refractivity contribution is 5.73. The first kappa shape index (κ1) is 19.5. The number of carbonyl (C=O) groups excluding carboxylic acids is 1. The maximum atomic E-state index is 12.1. The number of anilines is 1. The fourth-order valence-corrected chi connectivity index (χ4v) is 3.02. The van der Waals surface area contributed by atoms with Crippen LogP contribution in [0.5, 0.6) is 0 Å². The van der Waals surface area contributed by atoms with Crippen molar-refractivity contribution >= 4 is 11.7 Å². The highest BCUT2D eigenvalue weighted by Crippen LogP contribution is 2.11. The van der Waals surface area contributed by atoms with Crippen LogP contribution >= 0.6 is 0 Å². The Morgan fingerprint density at radius 3 is 2.50 bits per heavy atom. The van der Waals surface area contributed by atoms with Crippen LogP contribution in [0, 0.1) is 0 Å². The number of rotatable bonds is 9. The van der Waals surface area contributed by atoms with Gasteiger partial charge >= 0.3 is 6.03 Å². The first-order chi connectivity index (χ1) is 13.7. The van der Waals surface area contributed by atoms with E-state index in [1.54, 1.807) is 6.20 Å². The molecular weight excluding hydrogens is 350 g/mol. The van der Waals surface area contributed by atoms with E-state index in [-0.39, 0.29) is 6.03 Å². The van der Waals surface area contributed by atoms with E-state index in [1.165, 1.54) is 5.69 Å². The van der Waals surface area contributed by atoms with E-state index < -0.39 is 0 Å². The van der Waals surface area contributed by atoms with Crippen molar-refractivity contribution in [2.75, 3.05) is 25.0 Å². The number of nitrogens with one attached hydrogen (secondary N) is 2. The Morgan fingerprint density at radius 2 is 1.75 bits per heavy atom. The van der Waals surface area contributed by atoms with E-state index in [1.807, 2.05) is 53.3 Å². The van der Waals surface area contributed by atoms with Gasteiger partial charge in [-0.25, -0.2) is 4.79 Å². The number of carbonyl (C=O) groups is 1.